The normalized spacial score (nSPS) is 18.6. The van der Waals surface area contributed by atoms with Crippen LogP contribution in [-0.4, -0.2) is 55.7 Å². The van der Waals surface area contributed by atoms with E-state index in [1.54, 1.807) is 6.07 Å². The van der Waals surface area contributed by atoms with Crippen LogP contribution >= 0.6 is 11.8 Å². The Morgan fingerprint density at radius 2 is 1.87 bits per heavy atom. The van der Waals surface area contributed by atoms with E-state index in [2.05, 4.69) is 15.3 Å². The third-order valence-electron chi connectivity index (χ3n) is 5.21. The molecule has 1 saturated heterocycles. The summed E-state index contributed by atoms with van der Waals surface area (Å²) in [5, 5.41) is 2.86. The summed E-state index contributed by atoms with van der Waals surface area (Å²) in [4.78, 5) is 10.7. The molecule has 0 saturated carbocycles. The second kappa shape index (κ2) is 8.89. The highest BCUT2D eigenvalue weighted by atomic mass is 32.2. The Balaban J connectivity index is 1.51. The van der Waals surface area contributed by atoms with Crippen LogP contribution in [0.3, 0.4) is 0 Å². The van der Waals surface area contributed by atoms with Gasteiger partial charge in [0.15, 0.2) is 9.84 Å². The van der Waals surface area contributed by atoms with Gasteiger partial charge in [-0.25, -0.2) is 18.4 Å². The molecular weight excluding hydrogens is 453 g/mol. The largest absolute Gasteiger partial charge is 0.436 e. The molecule has 0 amide bonds. The fraction of sp³-hybridized carbons (Fsp3) is 0.579. The maximum atomic E-state index is 12.7. The van der Waals surface area contributed by atoms with Crippen molar-refractivity contribution in [1.82, 2.24) is 9.97 Å². The molecule has 0 bridgehead atoms. The first kappa shape index (κ1) is 22.3. The molecule has 2 aromatic rings. The molecule has 2 aromatic heterocycles. The van der Waals surface area contributed by atoms with Gasteiger partial charge in [0.05, 0.1) is 22.9 Å². The number of nitrogens with one attached hydrogen (secondary N) is 1. The molecule has 0 radical (unpaired) electrons. The summed E-state index contributed by atoms with van der Waals surface area (Å²) in [6.45, 7) is -0.606. The predicted molar refractivity (Wildman–Crippen MR) is 112 cm³/mol. The molecule has 1 N–H and O–H groups in total. The van der Waals surface area contributed by atoms with Crippen molar-refractivity contribution < 1.29 is 26.0 Å². The zero-order valence-corrected chi connectivity index (χ0v) is 18.4. The number of aryl methyl sites for hydroxylation is 2. The number of oxazole rings is 1. The molecule has 1 aliphatic carbocycles. The van der Waals surface area contributed by atoms with Gasteiger partial charge >= 0.3 is 6.18 Å². The first-order chi connectivity index (χ1) is 14.7. The summed E-state index contributed by atoms with van der Waals surface area (Å²) in [6, 6.07) is 3.31. The lowest BCUT2D eigenvalue weighted by Gasteiger charge is -2.29. The van der Waals surface area contributed by atoms with Crippen LogP contribution in [0.1, 0.15) is 30.0 Å². The van der Waals surface area contributed by atoms with Gasteiger partial charge in [0.25, 0.3) is 5.22 Å². The van der Waals surface area contributed by atoms with Crippen LogP contribution in [0.2, 0.25) is 0 Å². The summed E-state index contributed by atoms with van der Waals surface area (Å²) in [5.41, 5.74) is 2.20. The number of pyridine rings is 1. The van der Waals surface area contributed by atoms with Crippen molar-refractivity contribution in [3.8, 4) is 0 Å². The van der Waals surface area contributed by atoms with Crippen LogP contribution in [0.15, 0.2) is 21.8 Å². The molecule has 7 nitrogen and oxygen atoms in total. The number of anilines is 2. The number of sulfone groups is 1. The second-order valence-electron chi connectivity index (χ2n) is 7.65. The van der Waals surface area contributed by atoms with E-state index in [0.717, 1.165) is 37.1 Å². The molecule has 0 unspecified atom stereocenters. The Morgan fingerprint density at radius 3 is 2.58 bits per heavy atom. The van der Waals surface area contributed by atoms with Crippen molar-refractivity contribution in [2.24, 2.45) is 0 Å². The Bertz CT molecular complexity index is 1000. The number of hydrogen-bond acceptors (Lipinski definition) is 8. The van der Waals surface area contributed by atoms with E-state index in [-0.39, 0.29) is 17.3 Å². The van der Waals surface area contributed by atoms with Gasteiger partial charge in [-0.3, -0.25) is 0 Å². The molecule has 0 aromatic carbocycles. The smallest absolute Gasteiger partial charge is 0.405 e. The molecule has 31 heavy (non-hydrogen) atoms. The third kappa shape index (κ3) is 6.06. The van der Waals surface area contributed by atoms with Crippen LogP contribution in [0.25, 0.3) is 0 Å². The van der Waals surface area contributed by atoms with E-state index >= 15 is 0 Å². The van der Waals surface area contributed by atoms with Gasteiger partial charge in [0.2, 0.25) is 0 Å². The lowest BCUT2D eigenvalue weighted by atomic mass is 10.0. The Morgan fingerprint density at radius 1 is 1.13 bits per heavy atom. The molecule has 1 fully saturated rings. The van der Waals surface area contributed by atoms with E-state index in [0.29, 0.717) is 35.4 Å². The molecule has 4 rings (SSSR count). The van der Waals surface area contributed by atoms with Crippen LogP contribution in [0.4, 0.5) is 24.7 Å². The first-order valence-electron chi connectivity index (χ1n) is 10.1. The van der Waals surface area contributed by atoms with Crippen molar-refractivity contribution in [3.05, 3.63) is 29.3 Å². The number of nitrogens with zero attached hydrogens (tertiary/aromatic N) is 3. The number of aromatic nitrogens is 2. The van der Waals surface area contributed by atoms with E-state index < -0.39 is 22.6 Å². The summed E-state index contributed by atoms with van der Waals surface area (Å²) >= 11 is 1.35. The van der Waals surface area contributed by atoms with Gasteiger partial charge in [-0.1, -0.05) is 11.8 Å². The van der Waals surface area contributed by atoms with E-state index in [4.69, 9.17) is 4.42 Å². The van der Waals surface area contributed by atoms with Gasteiger partial charge < -0.3 is 14.6 Å². The Labute approximate surface area is 182 Å². The van der Waals surface area contributed by atoms with Crippen LogP contribution in [0, 0.1) is 0 Å². The Hall–Kier alpha value is -1.95. The zero-order valence-electron chi connectivity index (χ0n) is 16.7. The van der Waals surface area contributed by atoms with Crippen LogP contribution in [0.5, 0.6) is 0 Å². The topological polar surface area (TPSA) is 88.3 Å². The lowest BCUT2D eigenvalue weighted by molar-refractivity contribution is -0.115. The maximum Gasteiger partial charge on any atom is 0.405 e. The fourth-order valence-corrected chi connectivity index (χ4v) is 5.56. The number of halogens is 3. The van der Waals surface area contributed by atoms with Gasteiger partial charge in [-0.2, -0.15) is 13.2 Å². The number of thioether (sulfide) groups is 1. The average molecular weight is 477 g/mol. The monoisotopic (exact) mass is 476 g/mol. The number of rotatable bonds is 6. The third-order valence-corrected chi connectivity index (χ3v) is 7.68. The minimum Gasteiger partial charge on any atom is -0.436 e. The van der Waals surface area contributed by atoms with Gasteiger partial charge in [-0.05, 0) is 25.3 Å². The quantitative estimate of drug-likeness (QED) is 0.635. The molecule has 2 aliphatic rings. The van der Waals surface area contributed by atoms with Gasteiger partial charge in [-0.15, -0.1) is 0 Å². The first-order valence-corrected chi connectivity index (χ1v) is 12.9. The molecule has 170 valence electrons. The van der Waals surface area contributed by atoms with Crippen molar-refractivity contribution in [1.29, 1.82) is 0 Å². The molecule has 3 heterocycles. The van der Waals surface area contributed by atoms with Crippen molar-refractivity contribution in [2.45, 2.75) is 42.8 Å². The highest BCUT2D eigenvalue weighted by Crippen LogP contribution is 2.30. The lowest BCUT2D eigenvalue weighted by Crippen LogP contribution is -2.40. The number of alkyl halides is 3. The molecule has 0 atom stereocenters. The predicted octanol–water partition coefficient (Wildman–Crippen LogP) is 3.45. The highest BCUT2D eigenvalue weighted by Gasteiger charge is 2.27. The summed E-state index contributed by atoms with van der Waals surface area (Å²) in [6.07, 6.45) is -0.428. The summed E-state index contributed by atoms with van der Waals surface area (Å²) in [5.74, 6) is 1.43. The zero-order chi connectivity index (χ0) is 22.1. The van der Waals surface area contributed by atoms with Crippen molar-refractivity contribution >= 4 is 33.1 Å². The minimum atomic E-state index is -4.37. The highest BCUT2D eigenvalue weighted by molar-refractivity contribution is 7.98. The standard InChI is InChI=1S/C19H23F3N4O3S2/c20-19(21,22)12-23-17-10-14(26-5-7-31(27,28)8-6-26)9-13(24-17)11-30-18-25-15-3-1-2-4-16(15)29-18/h9-10H,1-8,11-12H2,(H,23,24). The molecule has 12 heteroatoms. The number of fused-ring (bicyclic) bond motifs is 1. The minimum absolute atomic E-state index is 0.0204. The van der Waals surface area contributed by atoms with Crippen molar-refractivity contribution in [2.75, 3.05) is 41.4 Å². The second-order valence-corrected chi connectivity index (χ2v) is 10.9. The Kier molecular flexibility index (Phi) is 6.38. The summed E-state index contributed by atoms with van der Waals surface area (Å²) < 4.78 is 67.3. The molecular formula is C19H23F3N4O3S2. The molecule has 0 spiro atoms. The van der Waals surface area contributed by atoms with Crippen molar-refractivity contribution in [3.63, 3.8) is 0 Å². The van der Waals surface area contributed by atoms with E-state index in [1.165, 1.54) is 17.8 Å². The van der Waals surface area contributed by atoms with E-state index in [1.807, 2.05) is 4.90 Å². The summed E-state index contributed by atoms with van der Waals surface area (Å²) in [7, 11) is -3.07. The van der Waals surface area contributed by atoms with Gasteiger partial charge in [0.1, 0.15) is 18.1 Å². The SMILES string of the molecule is O=S1(=O)CCN(c2cc(CSc3nc4c(o3)CCCC4)nc(NCC(F)(F)F)c2)CC1. The maximum absolute atomic E-state index is 12.7. The van der Waals surface area contributed by atoms with E-state index in [9.17, 15) is 21.6 Å². The fourth-order valence-electron chi connectivity index (χ4n) is 3.61. The van der Waals surface area contributed by atoms with Crippen LogP contribution in [-0.2, 0) is 28.4 Å². The number of hydrogen-bond donors (Lipinski definition) is 1. The molecule has 1 aliphatic heterocycles. The van der Waals surface area contributed by atoms with Crippen LogP contribution < -0.4 is 10.2 Å². The average Bonchev–Trinajstić information content (AvgIpc) is 3.13. The van der Waals surface area contributed by atoms with Gasteiger partial charge in [0, 0.05) is 37.0 Å².